The predicted octanol–water partition coefficient (Wildman–Crippen LogP) is 2.72. The summed E-state index contributed by atoms with van der Waals surface area (Å²) in [6.45, 7) is 5.42. The maximum atomic E-state index is 12.7. The smallest absolute Gasteiger partial charge is 0.414 e. The molecular weight excluding hydrogens is 466 g/mol. The zero-order valence-electron chi connectivity index (χ0n) is 20.6. The van der Waals surface area contributed by atoms with E-state index in [9.17, 15) is 14.4 Å². The number of nitrogens with zero attached hydrogens (tertiary/aromatic N) is 2. The van der Waals surface area contributed by atoms with Crippen molar-refractivity contribution in [1.29, 1.82) is 5.26 Å². The van der Waals surface area contributed by atoms with E-state index in [1.807, 2.05) is 6.07 Å². The van der Waals surface area contributed by atoms with Crippen molar-refractivity contribution in [3.05, 3.63) is 59.7 Å². The van der Waals surface area contributed by atoms with Crippen LogP contribution in [-0.4, -0.2) is 55.5 Å². The van der Waals surface area contributed by atoms with E-state index in [0.29, 0.717) is 22.6 Å². The van der Waals surface area contributed by atoms with Gasteiger partial charge in [-0.15, -0.1) is 0 Å². The molecule has 1 aliphatic rings. The molecule has 0 spiro atoms. The molecule has 0 bridgehead atoms. The zero-order valence-corrected chi connectivity index (χ0v) is 20.6. The number of cyclic esters (lactones) is 1. The van der Waals surface area contributed by atoms with Crippen molar-refractivity contribution in [2.24, 2.45) is 5.73 Å². The lowest BCUT2D eigenvalue weighted by Crippen LogP contribution is -2.59. The first-order valence-electron chi connectivity index (χ1n) is 11.3. The molecule has 10 heteroatoms. The molecule has 1 amide bonds. The number of hydrogen-bond donors (Lipinski definition) is 1. The Hall–Kier alpha value is -4.10. The first-order chi connectivity index (χ1) is 16.9. The number of hydrogen-bond acceptors (Lipinski definition) is 9. The minimum absolute atomic E-state index is 0.112. The van der Waals surface area contributed by atoms with Crippen molar-refractivity contribution in [2.45, 2.75) is 44.4 Å². The highest BCUT2D eigenvalue weighted by molar-refractivity contribution is 6.05. The second-order valence-electron chi connectivity index (χ2n) is 9.38. The fourth-order valence-electron chi connectivity index (χ4n) is 3.56. The summed E-state index contributed by atoms with van der Waals surface area (Å²) < 4.78 is 21.2. The van der Waals surface area contributed by atoms with Gasteiger partial charge >= 0.3 is 18.0 Å². The van der Waals surface area contributed by atoms with Crippen LogP contribution >= 0.6 is 0 Å². The normalized spacial score (nSPS) is 16.9. The number of esters is 2. The summed E-state index contributed by atoms with van der Waals surface area (Å²) in [6, 6.07) is 15.4. The van der Waals surface area contributed by atoms with Crippen molar-refractivity contribution in [1.82, 2.24) is 0 Å². The Labute approximate surface area is 209 Å². The summed E-state index contributed by atoms with van der Waals surface area (Å²) in [5.74, 6) is -1.28. The van der Waals surface area contributed by atoms with Gasteiger partial charge in [-0.25, -0.2) is 14.4 Å². The molecule has 0 radical (unpaired) electrons. The number of anilines is 1. The Bertz CT molecular complexity index is 1170. The Morgan fingerprint density at radius 1 is 1.17 bits per heavy atom. The van der Waals surface area contributed by atoms with Crippen LogP contribution in [-0.2, 0) is 30.2 Å². The SMILES string of the molecule is COC(=O)C(N)(Cc1ccc(OCC2CN(c3cccc(C#N)c3)C(=O)O2)cc1)C(=O)OC(C)(C)C. The van der Waals surface area contributed by atoms with E-state index >= 15 is 0 Å². The summed E-state index contributed by atoms with van der Waals surface area (Å²) in [5, 5.41) is 9.07. The van der Waals surface area contributed by atoms with Crippen molar-refractivity contribution < 1.29 is 33.3 Å². The molecule has 1 fully saturated rings. The lowest BCUT2D eigenvalue weighted by atomic mass is 9.91. The third-order valence-electron chi connectivity index (χ3n) is 5.32. The molecule has 2 aromatic rings. The van der Waals surface area contributed by atoms with Gasteiger partial charge in [0.05, 0.1) is 25.3 Å². The summed E-state index contributed by atoms with van der Waals surface area (Å²) in [5.41, 5.74) is 4.94. The van der Waals surface area contributed by atoms with Gasteiger partial charge in [0.15, 0.2) is 6.10 Å². The molecule has 3 rings (SSSR count). The standard InChI is InChI=1S/C26H29N3O7/c1-25(2,3)36-23(31)26(28,22(30)33-4)13-17-8-10-20(11-9-17)34-16-21-15-29(24(32)35-21)19-7-5-6-18(12-19)14-27/h5-12,21H,13,15-16,28H2,1-4H3. The molecule has 10 nitrogen and oxygen atoms in total. The minimum atomic E-state index is -2.01. The van der Waals surface area contributed by atoms with Gasteiger partial charge in [0.2, 0.25) is 5.54 Å². The highest BCUT2D eigenvalue weighted by Gasteiger charge is 2.46. The van der Waals surface area contributed by atoms with E-state index < -0.39 is 35.3 Å². The monoisotopic (exact) mass is 495 g/mol. The first-order valence-corrected chi connectivity index (χ1v) is 11.3. The van der Waals surface area contributed by atoms with Crippen molar-refractivity contribution in [3.63, 3.8) is 0 Å². The van der Waals surface area contributed by atoms with Crippen LogP contribution in [0.25, 0.3) is 0 Å². The van der Waals surface area contributed by atoms with Crippen molar-refractivity contribution >= 4 is 23.7 Å². The molecule has 1 heterocycles. The van der Waals surface area contributed by atoms with Crippen LogP contribution in [0.5, 0.6) is 5.75 Å². The summed E-state index contributed by atoms with van der Waals surface area (Å²) in [7, 11) is 1.16. The molecule has 0 saturated carbocycles. The lowest BCUT2D eigenvalue weighted by molar-refractivity contribution is -0.170. The minimum Gasteiger partial charge on any atom is -0.490 e. The molecular formula is C26H29N3O7. The van der Waals surface area contributed by atoms with E-state index in [0.717, 1.165) is 7.11 Å². The maximum absolute atomic E-state index is 12.7. The van der Waals surface area contributed by atoms with Crippen molar-refractivity contribution in [3.8, 4) is 11.8 Å². The number of nitriles is 1. The molecule has 0 aromatic heterocycles. The van der Waals surface area contributed by atoms with Crippen molar-refractivity contribution in [2.75, 3.05) is 25.2 Å². The maximum Gasteiger partial charge on any atom is 0.414 e. The third-order valence-corrected chi connectivity index (χ3v) is 5.32. The topological polar surface area (TPSA) is 141 Å². The van der Waals surface area contributed by atoms with Gasteiger partial charge < -0.3 is 24.7 Å². The number of amides is 1. The van der Waals surface area contributed by atoms with E-state index in [2.05, 4.69) is 0 Å². The number of nitrogens with two attached hydrogens (primary N) is 1. The second-order valence-corrected chi connectivity index (χ2v) is 9.38. The largest absolute Gasteiger partial charge is 0.490 e. The molecule has 36 heavy (non-hydrogen) atoms. The van der Waals surface area contributed by atoms with E-state index in [-0.39, 0.29) is 19.6 Å². The lowest BCUT2D eigenvalue weighted by Gasteiger charge is -2.29. The second kappa shape index (κ2) is 10.7. The molecule has 190 valence electrons. The molecule has 2 atom stereocenters. The Morgan fingerprint density at radius 2 is 1.86 bits per heavy atom. The van der Waals surface area contributed by atoms with Crippen LogP contribution in [0.15, 0.2) is 48.5 Å². The van der Waals surface area contributed by atoms with Gasteiger partial charge in [-0.1, -0.05) is 18.2 Å². The highest BCUT2D eigenvalue weighted by atomic mass is 16.6. The number of ether oxygens (including phenoxy) is 4. The fraction of sp³-hybridized carbons (Fsp3) is 0.385. The number of methoxy groups -OCH3 is 1. The fourth-order valence-corrected chi connectivity index (χ4v) is 3.56. The summed E-state index contributed by atoms with van der Waals surface area (Å²) in [4.78, 5) is 38.7. The molecule has 2 N–H and O–H groups in total. The number of carbonyl (C=O) groups excluding carboxylic acids is 3. The van der Waals surface area contributed by atoms with E-state index in [4.69, 9.17) is 29.9 Å². The Kier molecular flexibility index (Phi) is 7.85. The number of carbonyl (C=O) groups is 3. The van der Waals surface area contributed by atoms with Gasteiger partial charge in [0, 0.05) is 12.1 Å². The average molecular weight is 496 g/mol. The number of benzene rings is 2. The molecule has 1 aliphatic heterocycles. The van der Waals surface area contributed by atoms with Crippen LogP contribution in [0.3, 0.4) is 0 Å². The molecule has 2 unspecified atom stereocenters. The van der Waals surface area contributed by atoms with Crippen LogP contribution < -0.4 is 15.4 Å². The van der Waals surface area contributed by atoms with E-state index in [1.165, 1.54) is 4.90 Å². The predicted molar refractivity (Wildman–Crippen MR) is 129 cm³/mol. The Balaban J connectivity index is 1.61. The van der Waals surface area contributed by atoms with Crippen LogP contribution in [0.1, 0.15) is 31.9 Å². The third kappa shape index (κ3) is 6.31. The van der Waals surface area contributed by atoms with Gasteiger partial charge in [-0.05, 0) is 56.7 Å². The molecule has 2 aromatic carbocycles. The van der Waals surface area contributed by atoms with Crippen LogP contribution in [0.2, 0.25) is 0 Å². The van der Waals surface area contributed by atoms with Gasteiger partial charge in [0.1, 0.15) is 18.0 Å². The zero-order chi connectivity index (χ0) is 26.5. The quantitative estimate of drug-likeness (QED) is 0.332. The van der Waals surface area contributed by atoms with Crippen LogP contribution in [0, 0.1) is 11.3 Å². The Morgan fingerprint density at radius 3 is 2.47 bits per heavy atom. The average Bonchev–Trinajstić information content (AvgIpc) is 3.22. The van der Waals surface area contributed by atoms with Gasteiger partial charge in [0.25, 0.3) is 0 Å². The molecule has 1 saturated heterocycles. The summed E-state index contributed by atoms with van der Waals surface area (Å²) >= 11 is 0. The number of rotatable bonds is 8. The molecule has 0 aliphatic carbocycles. The summed E-state index contributed by atoms with van der Waals surface area (Å²) in [6.07, 6.45) is -1.16. The van der Waals surface area contributed by atoms with Crippen LogP contribution in [0.4, 0.5) is 10.5 Å². The van der Waals surface area contributed by atoms with E-state index in [1.54, 1.807) is 69.3 Å². The van der Waals surface area contributed by atoms with Gasteiger partial charge in [-0.3, -0.25) is 4.90 Å². The first kappa shape index (κ1) is 26.5. The highest BCUT2D eigenvalue weighted by Crippen LogP contribution is 2.24. The van der Waals surface area contributed by atoms with Gasteiger partial charge in [-0.2, -0.15) is 5.26 Å².